The lowest BCUT2D eigenvalue weighted by molar-refractivity contribution is -0.184. The van der Waals surface area contributed by atoms with Gasteiger partial charge in [-0.3, -0.25) is 0 Å². The van der Waals surface area contributed by atoms with E-state index in [0.717, 1.165) is 93.0 Å². The van der Waals surface area contributed by atoms with E-state index in [9.17, 15) is 0 Å². The van der Waals surface area contributed by atoms with Crippen molar-refractivity contribution in [3.8, 4) is 0 Å². The van der Waals surface area contributed by atoms with Gasteiger partial charge >= 0.3 is 0 Å². The van der Waals surface area contributed by atoms with Crippen LogP contribution in [0.4, 0.5) is 0 Å². The molecule has 0 aromatic rings. The summed E-state index contributed by atoms with van der Waals surface area (Å²) in [5, 5.41) is 3.51. The first-order chi connectivity index (χ1) is 17.7. The van der Waals surface area contributed by atoms with Gasteiger partial charge in [0.2, 0.25) is 0 Å². The van der Waals surface area contributed by atoms with Crippen LogP contribution in [0.1, 0.15) is 112 Å². The molecule has 3 heterocycles. The van der Waals surface area contributed by atoms with Crippen LogP contribution in [-0.4, -0.2) is 51.1 Å². The van der Waals surface area contributed by atoms with E-state index >= 15 is 0 Å². The van der Waals surface area contributed by atoms with Gasteiger partial charge in [0.1, 0.15) is 0 Å². The molecule has 3 unspecified atom stereocenters. The average Bonchev–Trinajstić information content (AvgIpc) is 3.70. The third kappa shape index (κ3) is 7.72. The first-order valence-corrected chi connectivity index (χ1v) is 15.9. The fourth-order valence-electron chi connectivity index (χ4n) is 7.87. The minimum Gasteiger partial charge on any atom is -0.348 e. The van der Waals surface area contributed by atoms with E-state index in [1.165, 1.54) is 58.0 Å². The molecular weight excluding hydrogens is 462 g/mol. The van der Waals surface area contributed by atoms with Crippen LogP contribution in [0.2, 0.25) is 0 Å². The normalized spacial score (nSPS) is 34.6. The van der Waals surface area contributed by atoms with Crippen LogP contribution in [-0.2, 0) is 18.9 Å². The van der Waals surface area contributed by atoms with Gasteiger partial charge < -0.3 is 24.3 Å². The third-order valence-corrected chi connectivity index (χ3v) is 10.8. The van der Waals surface area contributed by atoms with Crippen molar-refractivity contribution in [2.45, 2.75) is 124 Å². The molecule has 5 heteroatoms. The third-order valence-electron chi connectivity index (χ3n) is 10.8. The number of hydrogen-bond acceptors (Lipinski definition) is 5. The molecule has 6 aliphatic rings. The zero-order valence-corrected chi connectivity index (χ0v) is 25.1. The summed E-state index contributed by atoms with van der Waals surface area (Å²) in [5.41, 5.74) is 0.731. The van der Waals surface area contributed by atoms with Crippen LogP contribution in [0.15, 0.2) is 0 Å². The van der Waals surface area contributed by atoms with E-state index in [1.807, 2.05) is 0 Å². The maximum absolute atomic E-state index is 5.69. The van der Waals surface area contributed by atoms with Crippen LogP contribution in [0, 0.1) is 40.9 Å². The van der Waals surface area contributed by atoms with Gasteiger partial charge in [0, 0.05) is 32.2 Å². The highest BCUT2D eigenvalue weighted by molar-refractivity contribution is 4.95. The lowest BCUT2D eigenvalue weighted by Gasteiger charge is -2.36. The predicted molar refractivity (Wildman–Crippen MR) is 150 cm³/mol. The van der Waals surface area contributed by atoms with E-state index in [-0.39, 0.29) is 11.6 Å². The Morgan fingerprint density at radius 3 is 1.46 bits per heavy atom. The van der Waals surface area contributed by atoms with Gasteiger partial charge in [0.05, 0.1) is 26.4 Å². The van der Waals surface area contributed by atoms with E-state index in [1.54, 1.807) is 0 Å². The van der Waals surface area contributed by atoms with E-state index in [0.29, 0.717) is 0 Å². The summed E-state index contributed by atoms with van der Waals surface area (Å²) in [6.45, 7) is 19.7. The van der Waals surface area contributed by atoms with Crippen molar-refractivity contribution in [3.05, 3.63) is 0 Å². The smallest absolute Gasteiger partial charge is 0.168 e. The highest BCUT2D eigenvalue weighted by atomic mass is 16.7. The van der Waals surface area contributed by atoms with Crippen molar-refractivity contribution in [1.82, 2.24) is 5.32 Å². The summed E-state index contributed by atoms with van der Waals surface area (Å²) in [5.74, 6) is 4.90. The fourth-order valence-corrected chi connectivity index (χ4v) is 7.87. The molecule has 3 atom stereocenters. The standard InChI is InChI=1S/C11H21N.C11H20O2.C10H18O2/c1-9(2)10-3-4-11(7-10)5-6-12-8-11;1-9(2)10-3-5-11(6-4-10)12-7-8-13-11;1-8(2)9-3-4-10(7-9)11-5-6-12-10/h9-10,12H,3-8H2,1-2H3;9-10H,3-8H2,1-2H3;8-9H,3-7H2,1-2H3. The van der Waals surface area contributed by atoms with Gasteiger partial charge in [-0.15, -0.1) is 0 Å². The molecular formula is C32H59NO4. The molecule has 3 spiro atoms. The molecule has 6 fully saturated rings. The van der Waals surface area contributed by atoms with E-state index < -0.39 is 0 Å². The van der Waals surface area contributed by atoms with Crippen molar-refractivity contribution < 1.29 is 18.9 Å². The Balaban J connectivity index is 0.000000130. The Morgan fingerprint density at radius 2 is 1.00 bits per heavy atom. The van der Waals surface area contributed by atoms with E-state index in [4.69, 9.17) is 18.9 Å². The molecule has 3 saturated carbocycles. The molecule has 0 amide bonds. The minimum absolute atomic E-state index is 0.158. The lowest BCUT2D eigenvalue weighted by Crippen LogP contribution is -2.36. The summed E-state index contributed by atoms with van der Waals surface area (Å²) in [4.78, 5) is 0. The predicted octanol–water partition coefficient (Wildman–Crippen LogP) is 7.18. The Kier molecular flexibility index (Phi) is 10.4. The summed E-state index contributed by atoms with van der Waals surface area (Å²) >= 11 is 0. The Labute approximate surface area is 228 Å². The summed E-state index contributed by atoms with van der Waals surface area (Å²) in [6, 6.07) is 0. The SMILES string of the molecule is CC(C)C1CCC2(C1)OCCO2.CC(C)C1CCC2(CC1)OCCO2.CC(C)C1CCC2(CCNC2)C1. The molecule has 3 aliphatic carbocycles. The quantitative estimate of drug-likeness (QED) is 0.426. The maximum atomic E-state index is 5.69. The Bertz CT molecular complexity index is 626. The second-order valence-corrected chi connectivity index (χ2v) is 14.2. The molecule has 216 valence electrons. The number of hydrogen-bond donors (Lipinski definition) is 1. The van der Waals surface area contributed by atoms with Crippen LogP contribution in [0.5, 0.6) is 0 Å². The first-order valence-electron chi connectivity index (χ1n) is 15.9. The second kappa shape index (κ2) is 13.0. The number of nitrogens with one attached hydrogen (secondary N) is 1. The van der Waals surface area contributed by atoms with Crippen LogP contribution >= 0.6 is 0 Å². The van der Waals surface area contributed by atoms with Gasteiger partial charge in [-0.05, 0) is 92.4 Å². The van der Waals surface area contributed by atoms with Crippen molar-refractivity contribution in [2.75, 3.05) is 39.5 Å². The minimum atomic E-state index is -0.161. The van der Waals surface area contributed by atoms with Crippen LogP contribution in [0.3, 0.4) is 0 Å². The van der Waals surface area contributed by atoms with Gasteiger partial charge in [0.25, 0.3) is 0 Å². The Hall–Kier alpha value is -0.200. The van der Waals surface area contributed by atoms with Gasteiger partial charge in [0.15, 0.2) is 11.6 Å². The zero-order valence-electron chi connectivity index (χ0n) is 25.1. The summed E-state index contributed by atoms with van der Waals surface area (Å²) < 4.78 is 22.7. The summed E-state index contributed by atoms with van der Waals surface area (Å²) in [7, 11) is 0. The van der Waals surface area contributed by atoms with Crippen molar-refractivity contribution >= 4 is 0 Å². The fraction of sp³-hybridized carbons (Fsp3) is 1.00. The molecule has 5 nitrogen and oxygen atoms in total. The highest BCUT2D eigenvalue weighted by Gasteiger charge is 2.45. The first kappa shape index (κ1) is 29.8. The van der Waals surface area contributed by atoms with Crippen molar-refractivity contribution in [3.63, 3.8) is 0 Å². The van der Waals surface area contributed by atoms with Crippen LogP contribution < -0.4 is 5.32 Å². The lowest BCUT2D eigenvalue weighted by atomic mass is 9.79. The van der Waals surface area contributed by atoms with Gasteiger partial charge in [-0.2, -0.15) is 0 Å². The molecule has 37 heavy (non-hydrogen) atoms. The Morgan fingerprint density at radius 1 is 0.541 bits per heavy atom. The molecule has 6 rings (SSSR count). The molecule has 0 aromatic carbocycles. The van der Waals surface area contributed by atoms with Crippen molar-refractivity contribution in [2.24, 2.45) is 40.9 Å². The zero-order chi connectivity index (χ0) is 26.5. The molecule has 1 N–H and O–H groups in total. The molecule has 0 bridgehead atoms. The molecule has 3 aliphatic heterocycles. The van der Waals surface area contributed by atoms with Gasteiger partial charge in [-0.25, -0.2) is 0 Å². The monoisotopic (exact) mass is 521 g/mol. The number of rotatable bonds is 3. The second-order valence-electron chi connectivity index (χ2n) is 14.2. The summed E-state index contributed by atoms with van der Waals surface area (Å²) in [6.07, 6.45) is 14.2. The maximum Gasteiger partial charge on any atom is 0.168 e. The number of ether oxygens (including phenoxy) is 4. The topological polar surface area (TPSA) is 49.0 Å². The largest absolute Gasteiger partial charge is 0.348 e. The molecule has 3 saturated heterocycles. The molecule has 0 radical (unpaired) electrons. The highest BCUT2D eigenvalue weighted by Crippen LogP contribution is 2.48. The average molecular weight is 522 g/mol. The van der Waals surface area contributed by atoms with Gasteiger partial charge in [-0.1, -0.05) is 41.5 Å². The van der Waals surface area contributed by atoms with Crippen molar-refractivity contribution in [1.29, 1.82) is 0 Å². The van der Waals surface area contributed by atoms with Crippen LogP contribution in [0.25, 0.3) is 0 Å². The molecule has 0 aromatic heterocycles. The van der Waals surface area contributed by atoms with E-state index in [2.05, 4.69) is 46.9 Å².